The largest absolute Gasteiger partial charge is 0.463 e. The van der Waals surface area contributed by atoms with Gasteiger partial charge in [0.15, 0.2) is 0 Å². The molecule has 1 aromatic carbocycles. The molecule has 4 heteroatoms. The minimum atomic E-state index is -0.247. The first-order valence-corrected chi connectivity index (χ1v) is 7.28. The molecule has 108 valence electrons. The Labute approximate surface area is 118 Å². The minimum absolute atomic E-state index is 0.0655. The van der Waals surface area contributed by atoms with Crippen molar-refractivity contribution in [2.75, 3.05) is 13.2 Å². The molecule has 0 N–H and O–H groups in total. The molecule has 20 heavy (non-hydrogen) atoms. The molecule has 1 aliphatic carbocycles. The van der Waals surface area contributed by atoms with Crippen LogP contribution < -0.4 is 0 Å². The van der Waals surface area contributed by atoms with Crippen LogP contribution in [-0.2, 0) is 14.3 Å². The van der Waals surface area contributed by atoms with Gasteiger partial charge in [0, 0.05) is 6.61 Å². The standard InChI is InChI=1S/C16H19FO3/c17-12-6-4-11(5-7-12)14-9-15(14)16(18)20-10-13-3-1-2-8-19-13/h4-7,13-15H,1-3,8-10H2. The zero-order valence-electron chi connectivity index (χ0n) is 11.4. The van der Waals surface area contributed by atoms with E-state index in [2.05, 4.69) is 0 Å². The molecule has 2 aliphatic rings. The van der Waals surface area contributed by atoms with Crippen molar-refractivity contribution in [3.8, 4) is 0 Å². The molecule has 1 heterocycles. The zero-order valence-corrected chi connectivity index (χ0v) is 11.4. The number of hydrogen-bond donors (Lipinski definition) is 0. The number of hydrogen-bond acceptors (Lipinski definition) is 3. The lowest BCUT2D eigenvalue weighted by Crippen LogP contribution is -2.26. The summed E-state index contributed by atoms with van der Waals surface area (Å²) >= 11 is 0. The lowest BCUT2D eigenvalue weighted by Gasteiger charge is -2.22. The third kappa shape index (κ3) is 3.18. The number of esters is 1. The number of rotatable bonds is 4. The van der Waals surface area contributed by atoms with Crippen LogP contribution in [0.5, 0.6) is 0 Å². The maximum Gasteiger partial charge on any atom is 0.309 e. The molecule has 1 saturated carbocycles. The van der Waals surface area contributed by atoms with E-state index in [-0.39, 0.29) is 29.7 Å². The van der Waals surface area contributed by atoms with Crippen molar-refractivity contribution in [3.05, 3.63) is 35.6 Å². The van der Waals surface area contributed by atoms with Gasteiger partial charge < -0.3 is 9.47 Å². The van der Waals surface area contributed by atoms with Crippen molar-refractivity contribution in [1.29, 1.82) is 0 Å². The molecule has 1 aliphatic heterocycles. The van der Waals surface area contributed by atoms with Crippen LogP contribution in [0, 0.1) is 11.7 Å². The van der Waals surface area contributed by atoms with Gasteiger partial charge in [-0.1, -0.05) is 12.1 Å². The first kappa shape index (κ1) is 13.6. The summed E-state index contributed by atoms with van der Waals surface area (Å²) in [4.78, 5) is 11.9. The summed E-state index contributed by atoms with van der Waals surface area (Å²) < 4.78 is 23.7. The van der Waals surface area contributed by atoms with Gasteiger partial charge in [-0.3, -0.25) is 4.79 Å². The summed E-state index contributed by atoms with van der Waals surface area (Å²) in [6.07, 6.45) is 4.08. The Morgan fingerprint density at radius 2 is 2.10 bits per heavy atom. The van der Waals surface area contributed by atoms with Gasteiger partial charge in [0.05, 0.1) is 12.0 Å². The number of carbonyl (C=O) groups excluding carboxylic acids is 1. The van der Waals surface area contributed by atoms with Crippen LogP contribution in [0.2, 0.25) is 0 Å². The fourth-order valence-electron chi connectivity index (χ4n) is 2.75. The highest BCUT2D eigenvalue weighted by Gasteiger charge is 2.45. The van der Waals surface area contributed by atoms with Crippen LogP contribution in [0.1, 0.15) is 37.2 Å². The van der Waals surface area contributed by atoms with E-state index in [1.807, 2.05) is 0 Å². The lowest BCUT2D eigenvalue weighted by atomic mass is 10.1. The Morgan fingerprint density at radius 3 is 2.80 bits per heavy atom. The first-order chi connectivity index (χ1) is 9.74. The molecule has 1 saturated heterocycles. The quantitative estimate of drug-likeness (QED) is 0.794. The van der Waals surface area contributed by atoms with Crippen molar-refractivity contribution >= 4 is 5.97 Å². The molecule has 2 fully saturated rings. The number of carbonyl (C=O) groups is 1. The van der Waals surface area contributed by atoms with Crippen molar-refractivity contribution in [2.24, 2.45) is 5.92 Å². The Balaban J connectivity index is 1.46. The average molecular weight is 278 g/mol. The van der Waals surface area contributed by atoms with Gasteiger partial charge in [0.1, 0.15) is 12.4 Å². The van der Waals surface area contributed by atoms with Crippen LogP contribution in [0.15, 0.2) is 24.3 Å². The van der Waals surface area contributed by atoms with Gasteiger partial charge in [-0.2, -0.15) is 0 Å². The maximum absolute atomic E-state index is 12.8. The third-order valence-corrected chi connectivity index (χ3v) is 4.08. The summed E-state index contributed by atoms with van der Waals surface area (Å²) in [5.41, 5.74) is 1.02. The Morgan fingerprint density at radius 1 is 1.30 bits per heavy atom. The normalized spacial score (nSPS) is 28.9. The van der Waals surface area contributed by atoms with Crippen LogP contribution in [0.4, 0.5) is 4.39 Å². The summed E-state index contributed by atoms with van der Waals surface area (Å²) in [6.45, 7) is 1.13. The number of ether oxygens (including phenoxy) is 2. The summed E-state index contributed by atoms with van der Waals surface area (Å²) in [7, 11) is 0. The van der Waals surface area contributed by atoms with Crippen LogP contribution >= 0.6 is 0 Å². The molecule has 3 atom stereocenters. The van der Waals surface area contributed by atoms with E-state index in [9.17, 15) is 9.18 Å². The highest BCUT2D eigenvalue weighted by molar-refractivity contribution is 5.77. The molecule has 0 aromatic heterocycles. The van der Waals surface area contributed by atoms with Crippen molar-refractivity contribution < 1.29 is 18.7 Å². The second kappa shape index (κ2) is 5.92. The van der Waals surface area contributed by atoms with E-state index >= 15 is 0 Å². The zero-order chi connectivity index (χ0) is 13.9. The Bertz CT molecular complexity index is 465. The van der Waals surface area contributed by atoms with Gasteiger partial charge >= 0.3 is 5.97 Å². The fraction of sp³-hybridized carbons (Fsp3) is 0.562. The second-order valence-electron chi connectivity index (χ2n) is 5.62. The van der Waals surface area contributed by atoms with E-state index < -0.39 is 0 Å². The van der Waals surface area contributed by atoms with Crippen LogP contribution in [-0.4, -0.2) is 25.3 Å². The molecule has 3 rings (SSSR count). The van der Waals surface area contributed by atoms with Crippen molar-refractivity contribution in [1.82, 2.24) is 0 Å². The van der Waals surface area contributed by atoms with E-state index in [0.29, 0.717) is 6.61 Å². The van der Waals surface area contributed by atoms with Crippen molar-refractivity contribution in [2.45, 2.75) is 37.7 Å². The highest BCUT2D eigenvalue weighted by atomic mass is 19.1. The second-order valence-corrected chi connectivity index (χ2v) is 5.62. The molecule has 0 radical (unpaired) electrons. The monoisotopic (exact) mass is 278 g/mol. The minimum Gasteiger partial charge on any atom is -0.463 e. The molecular formula is C16H19FO3. The first-order valence-electron chi connectivity index (χ1n) is 7.28. The predicted molar refractivity (Wildman–Crippen MR) is 71.8 cm³/mol. The maximum atomic E-state index is 12.8. The number of benzene rings is 1. The van der Waals surface area contributed by atoms with Gasteiger partial charge in [0.25, 0.3) is 0 Å². The van der Waals surface area contributed by atoms with E-state index in [4.69, 9.17) is 9.47 Å². The summed E-state index contributed by atoms with van der Waals surface area (Å²) in [6, 6.07) is 6.37. The van der Waals surface area contributed by atoms with E-state index in [1.54, 1.807) is 12.1 Å². The smallest absolute Gasteiger partial charge is 0.309 e. The van der Waals surface area contributed by atoms with E-state index in [0.717, 1.165) is 37.9 Å². The molecule has 3 unspecified atom stereocenters. The van der Waals surface area contributed by atoms with Crippen LogP contribution in [0.3, 0.4) is 0 Å². The van der Waals surface area contributed by atoms with E-state index in [1.165, 1.54) is 12.1 Å². The molecule has 0 spiro atoms. The van der Waals surface area contributed by atoms with Crippen LogP contribution in [0.25, 0.3) is 0 Å². The Kier molecular flexibility index (Phi) is 4.01. The predicted octanol–water partition coefficient (Wildman–Crippen LogP) is 3.04. The molecule has 1 aromatic rings. The van der Waals surface area contributed by atoms with Gasteiger partial charge in [-0.25, -0.2) is 4.39 Å². The summed E-state index contributed by atoms with van der Waals surface area (Å²) in [5, 5.41) is 0. The van der Waals surface area contributed by atoms with Crippen molar-refractivity contribution in [3.63, 3.8) is 0 Å². The fourth-order valence-corrected chi connectivity index (χ4v) is 2.75. The molecule has 0 bridgehead atoms. The lowest BCUT2D eigenvalue weighted by molar-refractivity contribution is -0.150. The molecule has 0 amide bonds. The molecule has 3 nitrogen and oxygen atoms in total. The molecular weight excluding hydrogens is 259 g/mol. The Hall–Kier alpha value is -1.42. The van der Waals surface area contributed by atoms with Gasteiger partial charge in [0.2, 0.25) is 0 Å². The van der Waals surface area contributed by atoms with Gasteiger partial charge in [-0.15, -0.1) is 0 Å². The SMILES string of the molecule is O=C(OCC1CCCCO1)C1CC1c1ccc(F)cc1. The third-order valence-electron chi connectivity index (χ3n) is 4.08. The summed E-state index contributed by atoms with van der Waals surface area (Å²) in [5.74, 6) is -0.268. The van der Waals surface area contributed by atoms with Gasteiger partial charge in [-0.05, 0) is 49.3 Å². The highest BCUT2D eigenvalue weighted by Crippen LogP contribution is 2.48. The topological polar surface area (TPSA) is 35.5 Å². The average Bonchev–Trinajstić information content (AvgIpc) is 3.27. The number of halogens is 1.